The zero-order valence-electron chi connectivity index (χ0n) is 20.7. The van der Waals surface area contributed by atoms with E-state index >= 15 is 0 Å². The van der Waals surface area contributed by atoms with Crippen molar-refractivity contribution in [2.24, 2.45) is 9.98 Å². The number of hydrogen-bond donors (Lipinski definition) is 0. The Balaban J connectivity index is 0.000000262. The Hall–Kier alpha value is -3.71. The number of para-hydroxylation sites is 2. The summed E-state index contributed by atoms with van der Waals surface area (Å²) in [5, 5.41) is 22.8. The Morgan fingerprint density at radius 3 is 1.10 bits per heavy atom. The van der Waals surface area contributed by atoms with Gasteiger partial charge in [-0.05, 0) is 59.7 Å². The Labute approximate surface area is 250 Å². The normalized spacial score (nSPS) is 11.2. The van der Waals surface area contributed by atoms with Crippen LogP contribution in [0.15, 0.2) is 117 Å². The van der Waals surface area contributed by atoms with Gasteiger partial charge in [0.1, 0.15) is 20.2 Å². The summed E-state index contributed by atoms with van der Waals surface area (Å²) in [6, 6.07) is 23.1. The van der Waals surface area contributed by atoms with Crippen LogP contribution in [0.2, 0.25) is 0 Å². The first kappa shape index (κ1) is 33.5. The van der Waals surface area contributed by atoms with Crippen molar-refractivity contribution in [1.82, 2.24) is 0 Å². The molecule has 0 amide bonds. The zero-order chi connectivity index (χ0) is 30.5. The van der Waals surface area contributed by atoms with Crippen molar-refractivity contribution >= 4 is 44.0 Å². The SMILES string of the molecule is O=S(=O)([O-])c1ccc(N=Cc2ccccc2[O-])cc1.O=S(=O)([O-])c1ccc(N=Cc2ccccc2[O-])cc1.[O]=[U+2]=[O]. The third-order valence-corrected chi connectivity index (χ3v) is 6.49. The van der Waals surface area contributed by atoms with Crippen LogP contribution in [-0.2, 0) is 24.7 Å². The molecule has 0 aromatic heterocycles. The van der Waals surface area contributed by atoms with Gasteiger partial charge in [-0.3, -0.25) is 9.98 Å². The molecule has 4 rings (SSSR count). The van der Waals surface area contributed by atoms with Crippen LogP contribution in [0.4, 0.5) is 11.4 Å². The number of aliphatic imine (C=N–C) groups is 2. The Kier molecular flexibility index (Phi) is 13.0. The van der Waals surface area contributed by atoms with Crippen LogP contribution in [0, 0.1) is 27.8 Å². The predicted octanol–water partition coefficient (Wildman–Crippen LogP) is 2.59. The fourth-order valence-electron chi connectivity index (χ4n) is 2.86. The zero-order valence-corrected chi connectivity index (χ0v) is 26.5. The van der Waals surface area contributed by atoms with E-state index in [1.165, 1.54) is 73.1 Å². The summed E-state index contributed by atoms with van der Waals surface area (Å²) in [7, 11) is -8.89. The van der Waals surface area contributed by atoms with E-state index < -0.39 is 48.1 Å². The Bertz CT molecular complexity index is 1640. The minimum atomic E-state index is -4.45. The topological polar surface area (TPSA) is 219 Å². The molecule has 12 nitrogen and oxygen atoms in total. The van der Waals surface area contributed by atoms with E-state index in [-0.39, 0.29) is 21.3 Å². The van der Waals surface area contributed by atoms with Crippen LogP contribution in [0.3, 0.4) is 0 Å². The van der Waals surface area contributed by atoms with Gasteiger partial charge >= 0.3 is 32.3 Å². The number of nitrogens with zero attached hydrogens (tertiary/aromatic N) is 2. The third-order valence-electron chi connectivity index (χ3n) is 4.79. The van der Waals surface area contributed by atoms with Crippen molar-refractivity contribution in [2.45, 2.75) is 9.79 Å². The third kappa shape index (κ3) is 11.7. The van der Waals surface area contributed by atoms with Crippen LogP contribution in [0.1, 0.15) is 11.1 Å². The summed E-state index contributed by atoms with van der Waals surface area (Å²) in [6.45, 7) is 0. The van der Waals surface area contributed by atoms with Gasteiger partial charge in [0, 0.05) is 12.4 Å². The van der Waals surface area contributed by atoms with E-state index in [0.29, 0.717) is 22.5 Å². The maximum absolute atomic E-state index is 11.4. The fourth-order valence-corrected chi connectivity index (χ4v) is 3.80. The molecule has 0 heterocycles. The molecule has 0 aliphatic rings. The molecule has 41 heavy (non-hydrogen) atoms. The average Bonchev–Trinajstić information content (AvgIpc) is 2.92. The molecular formula is C26H18N2O10S2U-2. The minimum absolute atomic E-state index is 0.148. The molecule has 0 atom stereocenters. The van der Waals surface area contributed by atoms with Crippen LogP contribution < -0.4 is 10.2 Å². The molecule has 0 saturated heterocycles. The van der Waals surface area contributed by atoms with E-state index in [0.717, 1.165) is 0 Å². The molecule has 0 N–H and O–H groups in total. The van der Waals surface area contributed by atoms with Crippen molar-refractivity contribution in [3.05, 3.63) is 108 Å². The molecule has 0 saturated carbocycles. The molecule has 15 heteroatoms. The van der Waals surface area contributed by atoms with Crippen molar-refractivity contribution in [1.29, 1.82) is 0 Å². The van der Waals surface area contributed by atoms with Crippen molar-refractivity contribution in [3.63, 3.8) is 0 Å². The quantitative estimate of drug-likeness (QED) is 0.205. The van der Waals surface area contributed by atoms with E-state index in [9.17, 15) is 36.2 Å². The molecule has 210 valence electrons. The molecule has 0 unspecified atom stereocenters. The average molecular weight is 821 g/mol. The molecular weight excluding hydrogens is 802 g/mol. The monoisotopic (exact) mass is 820 g/mol. The fraction of sp³-hybridized carbons (Fsp3) is 0. The second-order valence-corrected chi connectivity index (χ2v) is 11.0. The summed E-state index contributed by atoms with van der Waals surface area (Å²) in [5.41, 5.74) is 1.78. The second kappa shape index (κ2) is 15.9. The number of rotatable bonds is 6. The van der Waals surface area contributed by atoms with Gasteiger partial charge in [0.15, 0.2) is 0 Å². The standard InChI is InChI=1S/2C13H11NO4S.2O.U/c2*15-13-4-2-1-3-10(13)9-14-11-5-7-12(8-6-11)19(16,17)18;;;/h2*1-9,15H,(H,16,17,18);;;/q;;;;+2/p-4. The van der Waals surface area contributed by atoms with E-state index in [1.54, 1.807) is 36.4 Å². The van der Waals surface area contributed by atoms with Gasteiger partial charge in [-0.1, -0.05) is 48.5 Å². The van der Waals surface area contributed by atoms with E-state index in [1.807, 2.05) is 0 Å². The molecule has 0 aliphatic carbocycles. The molecule has 0 fully saturated rings. The van der Waals surface area contributed by atoms with Gasteiger partial charge in [0.25, 0.3) is 0 Å². The van der Waals surface area contributed by atoms with Gasteiger partial charge < -0.3 is 19.3 Å². The molecule has 0 radical (unpaired) electrons. The Morgan fingerprint density at radius 2 is 0.829 bits per heavy atom. The molecule has 4 aromatic carbocycles. The molecule has 0 bridgehead atoms. The van der Waals surface area contributed by atoms with Crippen LogP contribution in [0.5, 0.6) is 11.5 Å². The molecule has 0 spiro atoms. The van der Waals surface area contributed by atoms with Crippen molar-refractivity contribution in [3.8, 4) is 11.5 Å². The van der Waals surface area contributed by atoms with Crippen LogP contribution >= 0.6 is 0 Å². The van der Waals surface area contributed by atoms with Gasteiger partial charge in [-0.2, -0.15) is 0 Å². The first-order valence-electron chi connectivity index (χ1n) is 11.1. The first-order valence-corrected chi connectivity index (χ1v) is 17.3. The van der Waals surface area contributed by atoms with Crippen molar-refractivity contribution < 1.29 is 68.4 Å². The van der Waals surface area contributed by atoms with Gasteiger partial charge in [-0.25, -0.2) is 16.8 Å². The van der Waals surface area contributed by atoms with E-state index in [4.69, 9.17) is 4.47 Å². The molecule has 0 aliphatic heterocycles. The summed E-state index contributed by atoms with van der Waals surface area (Å²) >= 11 is -2.51. The Morgan fingerprint density at radius 1 is 0.537 bits per heavy atom. The molecule has 4 aromatic rings. The number of benzene rings is 4. The van der Waals surface area contributed by atoms with Crippen LogP contribution in [0.25, 0.3) is 0 Å². The second-order valence-electron chi connectivity index (χ2n) is 7.57. The summed E-state index contributed by atoms with van der Waals surface area (Å²) in [6.07, 6.45) is 2.78. The summed E-state index contributed by atoms with van der Waals surface area (Å²) in [5.74, 6) is -0.296. The van der Waals surface area contributed by atoms with Gasteiger partial charge in [0.2, 0.25) is 0 Å². The van der Waals surface area contributed by atoms with Gasteiger partial charge in [-0.15, -0.1) is 11.5 Å². The van der Waals surface area contributed by atoms with Crippen LogP contribution in [-0.4, -0.2) is 38.4 Å². The predicted molar refractivity (Wildman–Crippen MR) is 136 cm³/mol. The van der Waals surface area contributed by atoms with E-state index in [2.05, 4.69) is 9.98 Å². The van der Waals surface area contributed by atoms with Gasteiger partial charge in [0.05, 0.1) is 21.2 Å². The summed E-state index contributed by atoms with van der Waals surface area (Å²) < 4.78 is 81.6. The summed E-state index contributed by atoms with van der Waals surface area (Å²) in [4.78, 5) is 7.46. The number of hydrogen-bond acceptors (Lipinski definition) is 12. The first-order chi connectivity index (χ1) is 19.3. The van der Waals surface area contributed by atoms with Crippen molar-refractivity contribution in [2.75, 3.05) is 0 Å². The maximum atomic E-state index is 11.4.